The second-order valence-electron chi connectivity index (χ2n) is 4.94. The van der Waals surface area contributed by atoms with Gasteiger partial charge in [-0.3, -0.25) is 9.48 Å². The van der Waals surface area contributed by atoms with Crippen LogP contribution in [0.2, 0.25) is 0 Å². The van der Waals surface area contributed by atoms with Crippen LogP contribution in [-0.2, 0) is 20.5 Å². The summed E-state index contributed by atoms with van der Waals surface area (Å²) in [7, 11) is 3.75. The lowest BCUT2D eigenvalue weighted by Gasteiger charge is -1.95. The molecule has 4 aromatic heterocycles. The molecule has 0 unspecified atom stereocenters. The van der Waals surface area contributed by atoms with E-state index in [4.69, 9.17) is 0 Å². The maximum atomic E-state index is 11.9. The molecule has 4 rings (SSSR count). The molecule has 0 aliphatic carbocycles. The van der Waals surface area contributed by atoms with Crippen LogP contribution in [0.4, 0.5) is 0 Å². The first-order valence-corrected chi connectivity index (χ1v) is 7.25. The van der Waals surface area contributed by atoms with Crippen LogP contribution >= 0.6 is 11.3 Å². The highest BCUT2D eigenvalue weighted by molar-refractivity contribution is 7.19. The van der Waals surface area contributed by atoms with Crippen molar-refractivity contribution in [2.45, 2.75) is 6.42 Å². The number of hydrogen-bond donors (Lipinski definition) is 1. The maximum Gasteiger partial charge on any atom is 0.288 e. The van der Waals surface area contributed by atoms with Gasteiger partial charge >= 0.3 is 0 Å². The van der Waals surface area contributed by atoms with Crippen LogP contribution in [0.5, 0.6) is 0 Å². The number of rotatable bonds is 2. The van der Waals surface area contributed by atoms with Crippen LogP contribution in [0.1, 0.15) is 10.7 Å². The molecule has 0 fully saturated rings. The Bertz CT molecular complexity index is 1020. The quantitative estimate of drug-likeness (QED) is 0.603. The zero-order valence-corrected chi connectivity index (χ0v) is 12.3. The summed E-state index contributed by atoms with van der Waals surface area (Å²) in [6, 6.07) is 1.98. The standard InChI is InChI=1S/C13H12N6OS/c1-18-4-3-7(17-18)5-9-15-12-11(21-9)8-6-14-16-13(20)10(8)19(12)2/h3-4,6H,5H2,1-2H3,(H,16,20). The molecule has 8 heteroatoms. The zero-order chi connectivity index (χ0) is 14.6. The topological polar surface area (TPSA) is 81.4 Å². The van der Waals surface area contributed by atoms with Crippen molar-refractivity contribution in [2.24, 2.45) is 14.1 Å². The molecule has 0 saturated carbocycles. The van der Waals surface area contributed by atoms with E-state index in [0.717, 1.165) is 26.4 Å². The van der Waals surface area contributed by atoms with E-state index in [1.165, 1.54) is 0 Å². The van der Waals surface area contributed by atoms with Gasteiger partial charge in [-0.2, -0.15) is 10.2 Å². The van der Waals surface area contributed by atoms with Crippen LogP contribution in [0.3, 0.4) is 0 Å². The summed E-state index contributed by atoms with van der Waals surface area (Å²) in [5.74, 6) is 0. The van der Waals surface area contributed by atoms with Gasteiger partial charge < -0.3 is 4.57 Å². The van der Waals surface area contributed by atoms with Gasteiger partial charge in [-0.1, -0.05) is 0 Å². The Kier molecular flexibility index (Phi) is 2.49. The number of nitrogens with one attached hydrogen (secondary N) is 1. The number of fused-ring (bicyclic) bond motifs is 3. The largest absolute Gasteiger partial charge is 0.323 e. The molecule has 0 amide bonds. The van der Waals surface area contributed by atoms with Crippen molar-refractivity contribution in [3.63, 3.8) is 0 Å². The molecule has 7 nitrogen and oxygen atoms in total. The summed E-state index contributed by atoms with van der Waals surface area (Å²) in [6.07, 6.45) is 4.29. The fourth-order valence-corrected chi connectivity index (χ4v) is 3.66. The van der Waals surface area contributed by atoms with Crippen molar-refractivity contribution < 1.29 is 0 Å². The van der Waals surface area contributed by atoms with Gasteiger partial charge in [0.15, 0.2) is 5.65 Å². The Morgan fingerprint density at radius 3 is 3.00 bits per heavy atom. The van der Waals surface area contributed by atoms with Gasteiger partial charge in [-0.05, 0) is 6.07 Å². The van der Waals surface area contributed by atoms with Gasteiger partial charge in [-0.15, -0.1) is 11.3 Å². The molecule has 0 radical (unpaired) electrons. The van der Waals surface area contributed by atoms with Gasteiger partial charge in [0.05, 0.1) is 16.6 Å². The molecule has 0 saturated heterocycles. The number of nitrogens with zero attached hydrogens (tertiary/aromatic N) is 5. The summed E-state index contributed by atoms with van der Waals surface area (Å²) in [5.41, 5.74) is 2.23. The second kappa shape index (κ2) is 4.26. The van der Waals surface area contributed by atoms with Gasteiger partial charge in [0.25, 0.3) is 5.56 Å². The van der Waals surface area contributed by atoms with E-state index in [1.54, 1.807) is 22.2 Å². The smallest absolute Gasteiger partial charge is 0.288 e. The maximum absolute atomic E-state index is 11.9. The summed E-state index contributed by atoms with van der Waals surface area (Å²) in [5, 5.41) is 12.5. The molecule has 0 spiro atoms. The molecule has 0 atom stereocenters. The van der Waals surface area contributed by atoms with Crippen LogP contribution in [0.25, 0.3) is 21.3 Å². The normalized spacial score (nSPS) is 11.7. The van der Waals surface area contributed by atoms with E-state index in [9.17, 15) is 4.79 Å². The van der Waals surface area contributed by atoms with Crippen LogP contribution in [0.15, 0.2) is 23.3 Å². The lowest BCUT2D eigenvalue weighted by Crippen LogP contribution is -2.10. The molecular formula is C13H12N6OS. The average molecular weight is 300 g/mol. The fourth-order valence-electron chi connectivity index (χ4n) is 2.54. The molecule has 4 heterocycles. The molecule has 1 N–H and O–H groups in total. The van der Waals surface area contributed by atoms with Crippen molar-refractivity contribution in [1.29, 1.82) is 0 Å². The Hall–Kier alpha value is -2.48. The van der Waals surface area contributed by atoms with Gasteiger partial charge in [-0.25, -0.2) is 10.1 Å². The van der Waals surface area contributed by atoms with Crippen molar-refractivity contribution in [1.82, 2.24) is 29.5 Å². The molecular weight excluding hydrogens is 288 g/mol. The lowest BCUT2D eigenvalue weighted by atomic mass is 10.3. The molecule has 21 heavy (non-hydrogen) atoms. The Morgan fingerprint density at radius 1 is 1.38 bits per heavy atom. The Balaban J connectivity index is 1.89. The third kappa shape index (κ3) is 1.79. The molecule has 0 bridgehead atoms. The Morgan fingerprint density at radius 2 is 2.24 bits per heavy atom. The lowest BCUT2D eigenvalue weighted by molar-refractivity contribution is 0.749. The zero-order valence-electron chi connectivity index (χ0n) is 11.5. The number of aryl methyl sites for hydroxylation is 2. The minimum atomic E-state index is -0.188. The summed E-state index contributed by atoms with van der Waals surface area (Å²) in [6.45, 7) is 0. The number of aromatic amines is 1. The average Bonchev–Trinajstić information content (AvgIpc) is 3.10. The van der Waals surface area contributed by atoms with Crippen molar-refractivity contribution in [2.75, 3.05) is 0 Å². The first-order valence-electron chi connectivity index (χ1n) is 6.43. The SMILES string of the molecule is Cn1ccc(Cc2nc3c(s2)c2cn[nH]c(=O)c2n3C)n1. The highest BCUT2D eigenvalue weighted by atomic mass is 32.1. The predicted octanol–water partition coefficient (Wildman–Crippen LogP) is 1.20. The predicted molar refractivity (Wildman–Crippen MR) is 80.5 cm³/mol. The van der Waals surface area contributed by atoms with E-state index < -0.39 is 0 Å². The molecule has 4 aromatic rings. The molecule has 0 aromatic carbocycles. The third-order valence-electron chi connectivity index (χ3n) is 3.48. The second-order valence-corrected chi connectivity index (χ2v) is 6.02. The van der Waals surface area contributed by atoms with E-state index in [1.807, 2.05) is 30.9 Å². The van der Waals surface area contributed by atoms with E-state index in [0.29, 0.717) is 11.9 Å². The fraction of sp³-hybridized carbons (Fsp3) is 0.231. The summed E-state index contributed by atoms with van der Waals surface area (Å²) < 4.78 is 4.60. The van der Waals surface area contributed by atoms with Crippen molar-refractivity contribution in [3.8, 4) is 0 Å². The Labute approximate surface area is 122 Å². The van der Waals surface area contributed by atoms with Gasteiger partial charge in [0.1, 0.15) is 10.5 Å². The number of hydrogen-bond acceptors (Lipinski definition) is 5. The summed E-state index contributed by atoms with van der Waals surface area (Å²) >= 11 is 1.59. The summed E-state index contributed by atoms with van der Waals surface area (Å²) in [4.78, 5) is 16.5. The number of H-pyrrole nitrogens is 1. The van der Waals surface area contributed by atoms with Gasteiger partial charge in [0, 0.05) is 32.1 Å². The third-order valence-corrected chi connectivity index (χ3v) is 4.56. The van der Waals surface area contributed by atoms with Crippen LogP contribution in [0, 0.1) is 0 Å². The minimum Gasteiger partial charge on any atom is -0.323 e. The molecule has 0 aliphatic rings. The monoisotopic (exact) mass is 300 g/mol. The van der Waals surface area contributed by atoms with E-state index in [-0.39, 0.29) is 5.56 Å². The first kappa shape index (κ1) is 12.3. The number of thiazole rings is 1. The first-order chi connectivity index (χ1) is 10.1. The highest BCUT2D eigenvalue weighted by Gasteiger charge is 2.16. The number of aromatic nitrogens is 6. The molecule has 106 valence electrons. The highest BCUT2D eigenvalue weighted by Crippen LogP contribution is 2.31. The van der Waals surface area contributed by atoms with Crippen LogP contribution in [-0.4, -0.2) is 29.5 Å². The van der Waals surface area contributed by atoms with E-state index >= 15 is 0 Å². The van der Waals surface area contributed by atoms with Crippen molar-refractivity contribution in [3.05, 3.63) is 39.5 Å². The minimum absolute atomic E-state index is 0.188. The van der Waals surface area contributed by atoms with Crippen molar-refractivity contribution >= 4 is 32.6 Å². The van der Waals surface area contributed by atoms with E-state index in [2.05, 4.69) is 20.3 Å². The molecule has 0 aliphatic heterocycles. The van der Waals surface area contributed by atoms with Crippen LogP contribution < -0.4 is 5.56 Å². The van der Waals surface area contributed by atoms with Gasteiger partial charge in [0.2, 0.25) is 0 Å².